The van der Waals surface area contributed by atoms with Gasteiger partial charge in [0.2, 0.25) is 5.91 Å². The normalized spacial score (nSPS) is 20.1. The number of amides is 1. The molecule has 204 valence electrons. The molecule has 37 heavy (non-hydrogen) atoms. The van der Waals surface area contributed by atoms with Crippen molar-refractivity contribution in [3.63, 3.8) is 0 Å². The third kappa shape index (κ3) is 6.67. The lowest BCUT2D eigenvalue weighted by Crippen LogP contribution is -2.55. The number of carbonyl (C=O) groups is 1. The SMILES string of the molecule is O=C([C@@H](Cc1ccc(Cl)cc1)NS(=O)(=O)C(F)(F)F)N1CCC(Cn2ccnc2)(C2CCCCC2)CC1. The van der Waals surface area contributed by atoms with Crippen LogP contribution in [0.2, 0.25) is 5.02 Å². The van der Waals surface area contributed by atoms with E-state index in [0.29, 0.717) is 42.4 Å². The molecule has 2 aliphatic rings. The molecular formula is C25H32ClF3N4O3S. The summed E-state index contributed by atoms with van der Waals surface area (Å²) in [6.07, 6.45) is 12.4. The van der Waals surface area contributed by atoms with Crippen molar-refractivity contribution in [3.8, 4) is 0 Å². The fourth-order valence-electron chi connectivity index (χ4n) is 5.84. The van der Waals surface area contributed by atoms with Crippen LogP contribution in [0, 0.1) is 11.3 Å². The Morgan fingerprint density at radius 1 is 1.14 bits per heavy atom. The number of nitrogens with zero attached hydrogens (tertiary/aromatic N) is 3. The Hall–Kier alpha value is -2.11. The van der Waals surface area contributed by atoms with E-state index in [-0.39, 0.29) is 11.8 Å². The highest BCUT2D eigenvalue weighted by molar-refractivity contribution is 7.90. The molecule has 1 aromatic heterocycles. The van der Waals surface area contributed by atoms with E-state index in [0.717, 1.165) is 19.4 Å². The molecule has 2 aromatic rings. The van der Waals surface area contributed by atoms with Crippen LogP contribution in [-0.2, 0) is 27.8 Å². The Morgan fingerprint density at radius 3 is 2.35 bits per heavy atom. The number of carbonyl (C=O) groups excluding carboxylic acids is 1. The maximum Gasteiger partial charge on any atom is 0.511 e. The number of likely N-dealkylation sites (tertiary alicyclic amines) is 1. The second-order valence-electron chi connectivity index (χ2n) is 10.2. The minimum Gasteiger partial charge on any atom is -0.341 e. The summed E-state index contributed by atoms with van der Waals surface area (Å²) in [6, 6.07) is 4.65. The van der Waals surface area contributed by atoms with E-state index in [4.69, 9.17) is 11.6 Å². The van der Waals surface area contributed by atoms with Gasteiger partial charge in [-0.25, -0.2) is 13.4 Å². The third-order valence-electron chi connectivity index (χ3n) is 7.85. The third-order valence-corrected chi connectivity index (χ3v) is 9.31. The van der Waals surface area contributed by atoms with Crippen molar-refractivity contribution >= 4 is 27.5 Å². The van der Waals surface area contributed by atoms with Gasteiger partial charge in [0.15, 0.2) is 0 Å². The number of halogens is 4. The van der Waals surface area contributed by atoms with Crippen molar-refractivity contribution in [1.29, 1.82) is 0 Å². The van der Waals surface area contributed by atoms with Gasteiger partial charge in [0.1, 0.15) is 6.04 Å². The zero-order valence-corrected chi connectivity index (χ0v) is 22.0. The minimum atomic E-state index is -5.72. The monoisotopic (exact) mass is 560 g/mol. The second-order valence-corrected chi connectivity index (χ2v) is 12.3. The first-order valence-corrected chi connectivity index (χ1v) is 14.4. The Labute approximate surface area is 220 Å². The van der Waals surface area contributed by atoms with Gasteiger partial charge in [-0.2, -0.15) is 17.9 Å². The van der Waals surface area contributed by atoms with Crippen molar-refractivity contribution < 1.29 is 26.4 Å². The Kier molecular flexibility index (Phi) is 8.55. The smallest absolute Gasteiger partial charge is 0.341 e. The predicted molar refractivity (Wildman–Crippen MR) is 134 cm³/mol. The van der Waals surface area contributed by atoms with Gasteiger partial charge in [-0.15, -0.1) is 0 Å². The number of rotatable bonds is 8. The van der Waals surface area contributed by atoms with Gasteiger partial charge in [-0.05, 0) is 61.1 Å². The van der Waals surface area contributed by atoms with Gasteiger partial charge in [-0.1, -0.05) is 43.0 Å². The molecule has 2 fully saturated rings. The van der Waals surface area contributed by atoms with E-state index in [2.05, 4.69) is 9.55 Å². The molecule has 0 bridgehead atoms. The van der Waals surface area contributed by atoms with Gasteiger partial charge < -0.3 is 9.47 Å². The molecule has 12 heteroatoms. The Bertz CT molecular complexity index is 1140. The second kappa shape index (κ2) is 11.3. The van der Waals surface area contributed by atoms with Crippen molar-refractivity contribution in [2.75, 3.05) is 13.1 Å². The lowest BCUT2D eigenvalue weighted by atomic mass is 9.63. The number of benzene rings is 1. The first kappa shape index (κ1) is 27.9. The fraction of sp³-hybridized carbons (Fsp3) is 0.600. The molecule has 1 aliphatic heterocycles. The maximum atomic E-state index is 13.5. The van der Waals surface area contributed by atoms with Crippen LogP contribution in [0.5, 0.6) is 0 Å². The van der Waals surface area contributed by atoms with Crippen molar-refractivity contribution in [3.05, 3.63) is 53.6 Å². The van der Waals surface area contributed by atoms with Crippen LogP contribution >= 0.6 is 11.6 Å². The number of hydrogen-bond donors (Lipinski definition) is 1. The van der Waals surface area contributed by atoms with Gasteiger partial charge in [-0.3, -0.25) is 4.79 Å². The molecule has 0 spiro atoms. The lowest BCUT2D eigenvalue weighted by Gasteiger charge is -2.48. The summed E-state index contributed by atoms with van der Waals surface area (Å²) in [4.78, 5) is 19.1. The van der Waals surface area contributed by atoms with Gasteiger partial charge in [0, 0.05) is 37.1 Å². The number of hydrogen-bond acceptors (Lipinski definition) is 4. The maximum absolute atomic E-state index is 13.5. The molecule has 1 saturated heterocycles. The Morgan fingerprint density at radius 2 is 1.78 bits per heavy atom. The van der Waals surface area contributed by atoms with E-state index in [1.54, 1.807) is 41.5 Å². The average Bonchev–Trinajstić information content (AvgIpc) is 3.37. The summed E-state index contributed by atoms with van der Waals surface area (Å²) in [7, 11) is -5.72. The molecule has 1 amide bonds. The van der Waals surface area contributed by atoms with E-state index in [1.807, 2.05) is 6.20 Å². The molecule has 0 unspecified atom stereocenters. The van der Waals surface area contributed by atoms with Crippen LogP contribution in [0.15, 0.2) is 43.0 Å². The molecule has 1 N–H and O–H groups in total. The zero-order valence-electron chi connectivity index (χ0n) is 20.5. The molecule has 1 aliphatic carbocycles. The number of piperidine rings is 1. The number of aromatic nitrogens is 2. The zero-order chi connectivity index (χ0) is 26.7. The summed E-state index contributed by atoms with van der Waals surface area (Å²) in [5.74, 6) is -0.155. The van der Waals surface area contributed by atoms with Crippen LogP contribution in [0.3, 0.4) is 0 Å². The number of alkyl halides is 3. The summed E-state index contributed by atoms with van der Waals surface area (Å²) in [5.41, 5.74) is -5.06. The predicted octanol–water partition coefficient (Wildman–Crippen LogP) is 4.78. The van der Waals surface area contributed by atoms with E-state index < -0.39 is 27.5 Å². The lowest BCUT2D eigenvalue weighted by molar-refractivity contribution is -0.136. The highest BCUT2D eigenvalue weighted by Gasteiger charge is 2.49. The molecule has 4 rings (SSSR count). The minimum absolute atomic E-state index is 0.0466. The van der Waals surface area contributed by atoms with Crippen molar-refractivity contribution in [2.45, 2.75) is 69.5 Å². The number of sulfonamides is 1. The highest BCUT2D eigenvalue weighted by Crippen LogP contribution is 2.47. The molecule has 7 nitrogen and oxygen atoms in total. The first-order valence-electron chi connectivity index (χ1n) is 12.6. The van der Waals surface area contributed by atoms with E-state index >= 15 is 0 Å². The average molecular weight is 561 g/mol. The number of imidazole rings is 1. The molecular weight excluding hydrogens is 529 g/mol. The highest BCUT2D eigenvalue weighted by atomic mass is 35.5. The summed E-state index contributed by atoms with van der Waals surface area (Å²) in [6.45, 7) is 1.48. The first-order chi connectivity index (χ1) is 17.5. The fourth-order valence-corrected chi connectivity index (χ4v) is 6.66. The van der Waals surface area contributed by atoms with Crippen LogP contribution in [0.4, 0.5) is 13.2 Å². The Balaban J connectivity index is 1.52. The molecule has 1 saturated carbocycles. The van der Waals surface area contributed by atoms with Crippen molar-refractivity contribution in [1.82, 2.24) is 19.2 Å². The molecule has 1 aromatic carbocycles. The van der Waals surface area contributed by atoms with Crippen LogP contribution < -0.4 is 4.72 Å². The quantitative estimate of drug-likeness (QED) is 0.504. The standard InChI is InChI=1S/C25H32ClF3N4O3S/c26-21-8-6-19(7-9-21)16-22(31-37(35,36)25(27,28)29)23(34)33-13-10-24(11-14-33,17-32-15-12-30-18-32)20-4-2-1-3-5-20/h6-9,12,15,18,20,22,31H,1-5,10-11,13-14,16-17H2/t22-/m1/s1. The van der Waals surface area contributed by atoms with Crippen LogP contribution in [0.25, 0.3) is 0 Å². The van der Waals surface area contributed by atoms with Crippen molar-refractivity contribution in [2.24, 2.45) is 11.3 Å². The van der Waals surface area contributed by atoms with Crippen LogP contribution in [-0.4, -0.2) is 53.4 Å². The van der Waals surface area contributed by atoms with E-state index in [1.165, 1.54) is 24.2 Å². The summed E-state index contributed by atoms with van der Waals surface area (Å²) >= 11 is 5.90. The van der Waals surface area contributed by atoms with Gasteiger partial charge in [0.05, 0.1) is 6.33 Å². The van der Waals surface area contributed by atoms with Crippen LogP contribution in [0.1, 0.15) is 50.5 Å². The van der Waals surface area contributed by atoms with Gasteiger partial charge in [0.25, 0.3) is 0 Å². The molecule has 0 radical (unpaired) electrons. The van der Waals surface area contributed by atoms with E-state index in [9.17, 15) is 26.4 Å². The topological polar surface area (TPSA) is 84.3 Å². The molecule has 2 heterocycles. The summed E-state index contributed by atoms with van der Waals surface area (Å²) < 4.78 is 67.1. The summed E-state index contributed by atoms with van der Waals surface area (Å²) in [5, 5.41) is 0.426. The van der Waals surface area contributed by atoms with Gasteiger partial charge >= 0.3 is 15.5 Å². The molecule has 1 atom stereocenters. The number of nitrogens with one attached hydrogen (secondary N) is 1. The largest absolute Gasteiger partial charge is 0.511 e.